The van der Waals surface area contributed by atoms with Crippen LogP contribution in [-0.4, -0.2) is 0 Å². The Labute approximate surface area is 87.4 Å². The van der Waals surface area contributed by atoms with Crippen molar-refractivity contribution in [2.75, 3.05) is 11.1 Å². The Balaban J connectivity index is 2.25. The van der Waals surface area contributed by atoms with E-state index in [9.17, 15) is 0 Å². The Hall–Kier alpha value is -1.48. The molecule has 0 unspecified atom stereocenters. The molecule has 0 bridgehead atoms. The molecular weight excluding hydrogens is 192 g/mol. The number of nitrogens with one attached hydrogen (secondary N) is 1. The maximum absolute atomic E-state index is 5.75. The van der Waals surface area contributed by atoms with Crippen LogP contribution in [0.2, 0.25) is 0 Å². The highest BCUT2D eigenvalue weighted by Gasteiger charge is 1.97. The van der Waals surface area contributed by atoms with E-state index >= 15 is 0 Å². The van der Waals surface area contributed by atoms with Gasteiger partial charge in [-0.1, -0.05) is 0 Å². The first-order valence-electron chi connectivity index (χ1n) is 4.40. The van der Waals surface area contributed by atoms with Crippen LogP contribution >= 0.6 is 11.3 Å². The molecule has 2 aromatic rings. The first kappa shape index (κ1) is 9.09. The Morgan fingerprint density at radius 3 is 2.71 bits per heavy atom. The lowest BCUT2D eigenvalue weighted by atomic mass is 10.2. The van der Waals surface area contributed by atoms with Crippen molar-refractivity contribution in [3.63, 3.8) is 0 Å². The Morgan fingerprint density at radius 1 is 1.21 bits per heavy atom. The molecule has 3 N–H and O–H groups in total. The number of aryl methyl sites for hydroxylation is 1. The first-order valence-corrected chi connectivity index (χ1v) is 5.35. The summed E-state index contributed by atoms with van der Waals surface area (Å²) >= 11 is 1.67. The van der Waals surface area contributed by atoms with Crippen LogP contribution in [0.3, 0.4) is 0 Å². The number of hydrogen-bond acceptors (Lipinski definition) is 3. The van der Waals surface area contributed by atoms with Gasteiger partial charge < -0.3 is 11.1 Å². The van der Waals surface area contributed by atoms with E-state index in [1.807, 2.05) is 30.5 Å². The van der Waals surface area contributed by atoms with E-state index in [-0.39, 0.29) is 0 Å². The van der Waals surface area contributed by atoms with E-state index in [4.69, 9.17) is 5.73 Å². The quantitative estimate of drug-likeness (QED) is 0.736. The maximum Gasteiger partial charge on any atom is 0.0492 e. The summed E-state index contributed by atoms with van der Waals surface area (Å²) < 4.78 is 0. The second kappa shape index (κ2) is 3.72. The zero-order valence-electron chi connectivity index (χ0n) is 7.95. The molecule has 0 saturated carbocycles. The number of hydrogen-bond donors (Lipinski definition) is 2. The summed E-state index contributed by atoms with van der Waals surface area (Å²) in [6, 6.07) is 8.01. The molecular formula is C11H12N2S. The number of thiophene rings is 1. The molecule has 1 aromatic heterocycles. The monoisotopic (exact) mass is 204 g/mol. The molecule has 0 aliphatic carbocycles. The van der Waals surface area contributed by atoms with E-state index in [0.29, 0.717) is 0 Å². The lowest BCUT2D eigenvalue weighted by Crippen LogP contribution is -1.92. The zero-order valence-corrected chi connectivity index (χ0v) is 8.77. The van der Waals surface area contributed by atoms with Gasteiger partial charge in [0.05, 0.1) is 0 Å². The normalized spacial score (nSPS) is 10.1. The fraction of sp³-hybridized carbons (Fsp3) is 0.0909. The van der Waals surface area contributed by atoms with E-state index in [2.05, 4.69) is 16.8 Å². The molecule has 72 valence electrons. The van der Waals surface area contributed by atoms with Gasteiger partial charge in [0.2, 0.25) is 0 Å². The van der Waals surface area contributed by atoms with Crippen molar-refractivity contribution in [3.8, 4) is 0 Å². The van der Waals surface area contributed by atoms with E-state index in [0.717, 1.165) is 17.1 Å². The van der Waals surface area contributed by atoms with Gasteiger partial charge in [0.1, 0.15) is 0 Å². The smallest absolute Gasteiger partial charge is 0.0492 e. The van der Waals surface area contributed by atoms with Gasteiger partial charge in [-0.05, 0) is 42.1 Å². The van der Waals surface area contributed by atoms with Crippen molar-refractivity contribution in [2.24, 2.45) is 0 Å². The summed E-state index contributed by atoms with van der Waals surface area (Å²) in [5.41, 5.74) is 9.87. The van der Waals surface area contributed by atoms with E-state index in [1.54, 1.807) is 11.3 Å². The van der Waals surface area contributed by atoms with Gasteiger partial charge >= 0.3 is 0 Å². The van der Waals surface area contributed by atoms with Crippen molar-refractivity contribution in [2.45, 2.75) is 6.92 Å². The predicted octanol–water partition coefficient (Wildman–Crippen LogP) is 3.38. The third-order valence-corrected chi connectivity index (χ3v) is 2.59. The van der Waals surface area contributed by atoms with Gasteiger partial charge in [-0.15, -0.1) is 0 Å². The van der Waals surface area contributed by atoms with Gasteiger partial charge in [-0.25, -0.2) is 0 Å². The lowest BCUT2D eigenvalue weighted by molar-refractivity contribution is 1.46. The summed E-state index contributed by atoms with van der Waals surface area (Å²) in [4.78, 5) is 0. The average Bonchev–Trinajstić information content (AvgIpc) is 2.54. The van der Waals surface area contributed by atoms with Gasteiger partial charge in [0.15, 0.2) is 0 Å². The van der Waals surface area contributed by atoms with E-state index < -0.39 is 0 Å². The highest BCUT2D eigenvalue weighted by Crippen LogP contribution is 2.22. The molecule has 0 aliphatic rings. The summed E-state index contributed by atoms with van der Waals surface area (Å²) in [5.74, 6) is 0. The van der Waals surface area contributed by atoms with Gasteiger partial charge in [-0.2, -0.15) is 11.3 Å². The van der Waals surface area contributed by atoms with Gasteiger partial charge in [0, 0.05) is 22.4 Å². The van der Waals surface area contributed by atoms with Crippen LogP contribution in [0, 0.1) is 6.92 Å². The second-order valence-corrected chi connectivity index (χ2v) is 4.05. The average molecular weight is 204 g/mol. The number of benzene rings is 1. The summed E-state index contributed by atoms with van der Waals surface area (Å²) in [6.07, 6.45) is 0. The van der Waals surface area contributed by atoms with Crippen LogP contribution in [0.25, 0.3) is 0 Å². The number of nitrogen functional groups attached to an aromatic ring is 1. The highest BCUT2D eigenvalue weighted by molar-refractivity contribution is 7.08. The molecule has 3 heteroatoms. The third kappa shape index (κ3) is 2.06. The fourth-order valence-corrected chi connectivity index (χ4v) is 1.98. The van der Waals surface area contributed by atoms with Crippen molar-refractivity contribution in [3.05, 3.63) is 40.6 Å². The summed E-state index contributed by atoms with van der Waals surface area (Å²) in [5, 5.41) is 7.41. The molecule has 0 fully saturated rings. The number of rotatable bonds is 2. The van der Waals surface area contributed by atoms with Gasteiger partial charge in [-0.3, -0.25) is 0 Å². The first-order chi connectivity index (χ1) is 6.74. The molecule has 0 amide bonds. The minimum Gasteiger partial charge on any atom is -0.399 e. The van der Waals surface area contributed by atoms with E-state index in [1.165, 1.54) is 5.56 Å². The van der Waals surface area contributed by atoms with Gasteiger partial charge in [0.25, 0.3) is 0 Å². The summed E-state index contributed by atoms with van der Waals surface area (Å²) in [7, 11) is 0. The Bertz CT molecular complexity index is 401. The van der Waals surface area contributed by atoms with Crippen LogP contribution in [0.4, 0.5) is 17.1 Å². The molecule has 1 heterocycles. The van der Waals surface area contributed by atoms with Crippen LogP contribution in [0.5, 0.6) is 0 Å². The van der Waals surface area contributed by atoms with Crippen LogP contribution < -0.4 is 11.1 Å². The molecule has 0 aliphatic heterocycles. The highest BCUT2D eigenvalue weighted by atomic mass is 32.1. The molecule has 0 spiro atoms. The second-order valence-electron chi connectivity index (χ2n) is 3.27. The molecule has 0 radical (unpaired) electrons. The third-order valence-electron chi connectivity index (χ3n) is 1.91. The predicted molar refractivity (Wildman–Crippen MR) is 63.2 cm³/mol. The Morgan fingerprint density at radius 2 is 2.07 bits per heavy atom. The Kier molecular flexibility index (Phi) is 2.41. The van der Waals surface area contributed by atoms with Crippen LogP contribution in [0.15, 0.2) is 35.0 Å². The molecule has 14 heavy (non-hydrogen) atoms. The molecule has 2 nitrogen and oxygen atoms in total. The summed E-state index contributed by atoms with van der Waals surface area (Å²) in [6.45, 7) is 2.04. The van der Waals surface area contributed by atoms with Crippen LogP contribution in [-0.2, 0) is 0 Å². The van der Waals surface area contributed by atoms with Crippen molar-refractivity contribution >= 4 is 28.4 Å². The zero-order chi connectivity index (χ0) is 9.97. The molecule has 0 atom stereocenters. The maximum atomic E-state index is 5.75. The van der Waals surface area contributed by atoms with Crippen LogP contribution in [0.1, 0.15) is 5.56 Å². The standard InChI is InChI=1S/C11H12N2S/c1-8-4-9(12)6-11(5-8)13-10-2-3-14-7-10/h2-7,13H,12H2,1H3. The number of nitrogens with two attached hydrogens (primary N) is 1. The molecule has 0 saturated heterocycles. The molecule has 1 aromatic carbocycles. The SMILES string of the molecule is Cc1cc(N)cc(Nc2ccsc2)c1. The fourth-order valence-electron chi connectivity index (χ4n) is 1.39. The van der Waals surface area contributed by atoms with Crippen molar-refractivity contribution in [1.82, 2.24) is 0 Å². The lowest BCUT2D eigenvalue weighted by Gasteiger charge is -2.06. The minimum absolute atomic E-state index is 0.794. The topological polar surface area (TPSA) is 38.0 Å². The number of anilines is 3. The largest absolute Gasteiger partial charge is 0.399 e. The molecule has 2 rings (SSSR count). The minimum atomic E-state index is 0.794. The van der Waals surface area contributed by atoms with Crippen molar-refractivity contribution in [1.29, 1.82) is 0 Å². The van der Waals surface area contributed by atoms with Crippen molar-refractivity contribution < 1.29 is 0 Å².